The van der Waals surface area contributed by atoms with Crippen LogP contribution in [0.4, 0.5) is 11.4 Å². The molecule has 0 unspecified atom stereocenters. The van der Waals surface area contributed by atoms with E-state index in [1.165, 1.54) is 12.1 Å². The Morgan fingerprint density at radius 2 is 2.24 bits per heavy atom. The molecule has 1 heterocycles. The van der Waals surface area contributed by atoms with E-state index in [2.05, 4.69) is 10.3 Å². The Morgan fingerprint density at radius 1 is 1.41 bits per heavy atom. The molecule has 2 aromatic rings. The van der Waals surface area contributed by atoms with Gasteiger partial charge in [0, 0.05) is 18.9 Å². The van der Waals surface area contributed by atoms with Crippen molar-refractivity contribution in [3.05, 3.63) is 47.8 Å². The molecular formula is C12H13N3O2. The Hall–Kier alpha value is -2.43. The van der Waals surface area contributed by atoms with Gasteiger partial charge in [0.05, 0.1) is 16.9 Å². The predicted molar refractivity (Wildman–Crippen MR) is 65.9 cm³/mol. The van der Waals surface area contributed by atoms with Gasteiger partial charge in [0.25, 0.3) is 0 Å². The molecule has 0 amide bonds. The first-order valence-corrected chi connectivity index (χ1v) is 5.15. The van der Waals surface area contributed by atoms with Crippen LogP contribution >= 0.6 is 0 Å². The number of benzene rings is 1. The third-order valence-electron chi connectivity index (χ3n) is 2.45. The molecule has 0 aliphatic heterocycles. The van der Waals surface area contributed by atoms with E-state index in [1.54, 1.807) is 6.07 Å². The van der Waals surface area contributed by atoms with Gasteiger partial charge in [-0.1, -0.05) is 0 Å². The number of anilines is 2. The number of aromatic amines is 1. The van der Waals surface area contributed by atoms with Crippen LogP contribution in [-0.2, 0) is 6.54 Å². The molecule has 0 spiro atoms. The quantitative estimate of drug-likeness (QED) is 0.605. The van der Waals surface area contributed by atoms with Gasteiger partial charge < -0.3 is 21.1 Å². The van der Waals surface area contributed by atoms with Gasteiger partial charge in [-0.05, 0) is 29.8 Å². The first kappa shape index (κ1) is 11.1. The van der Waals surface area contributed by atoms with Crippen molar-refractivity contribution in [2.24, 2.45) is 0 Å². The van der Waals surface area contributed by atoms with E-state index in [-0.39, 0.29) is 5.56 Å². The van der Waals surface area contributed by atoms with Crippen LogP contribution in [0.3, 0.4) is 0 Å². The summed E-state index contributed by atoms with van der Waals surface area (Å²) in [4.78, 5) is 13.8. The summed E-state index contributed by atoms with van der Waals surface area (Å²) in [6.45, 7) is 0.594. The molecule has 1 aromatic heterocycles. The highest BCUT2D eigenvalue weighted by Gasteiger charge is 2.06. The summed E-state index contributed by atoms with van der Waals surface area (Å²) in [5.74, 6) is -0.963. The van der Waals surface area contributed by atoms with Crippen LogP contribution in [0, 0.1) is 0 Å². The van der Waals surface area contributed by atoms with Crippen molar-refractivity contribution in [1.82, 2.24) is 4.98 Å². The Labute approximate surface area is 98.3 Å². The molecule has 0 aliphatic rings. The Morgan fingerprint density at radius 3 is 2.88 bits per heavy atom. The summed E-state index contributed by atoms with van der Waals surface area (Å²) in [7, 11) is 0. The molecule has 0 saturated heterocycles. The molecular weight excluding hydrogens is 218 g/mol. The van der Waals surface area contributed by atoms with Gasteiger partial charge in [-0.3, -0.25) is 0 Å². The van der Waals surface area contributed by atoms with Crippen LogP contribution in [0.15, 0.2) is 36.7 Å². The fraction of sp³-hybridized carbons (Fsp3) is 0.0833. The van der Waals surface area contributed by atoms with Crippen molar-refractivity contribution in [2.45, 2.75) is 6.54 Å². The van der Waals surface area contributed by atoms with Crippen molar-refractivity contribution in [2.75, 3.05) is 11.1 Å². The molecule has 0 aliphatic carbocycles. The minimum Gasteiger partial charge on any atom is -0.478 e. The molecule has 5 N–H and O–H groups in total. The summed E-state index contributed by atoms with van der Waals surface area (Å²) >= 11 is 0. The number of hydrogen-bond donors (Lipinski definition) is 4. The van der Waals surface area contributed by atoms with Gasteiger partial charge in [-0.2, -0.15) is 0 Å². The van der Waals surface area contributed by atoms with Crippen LogP contribution in [-0.4, -0.2) is 16.1 Å². The normalized spacial score (nSPS) is 10.1. The average molecular weight is 231 g/mol. The van der Waals surface area contributed by atoms with E-state index in [0.717, 1.165) is 5.56 Å². The Kier molecular flexibility index (Phi) is 3.00. The smallest absolute Gasteiger partial charge is 0.335 e. The molecule has 5 nitrogen and oxygen atoms in total. The number of carboxylic acids is 1. The van der Waals surface area contributed by atoms with E-state index in [1.807, 2.05) is 18.5 Å². The van der Waals surface area contributed by atoms with Crippen molar-refractivity contribution in [3.8, 4) is 0 Å². The Bertz CT molecular complexity index is 521. The minimum atomic E-state index is -0.963. The van der Waals surface area contributed by atoms with E-state index in [4.69, 9.17) is 10.8 Å². The minimum absolute atomic E-state index is 0.218. The molecule has 2 rings (SSSR count). The molecule has 88 valence electrons. The maximum Gasteiger partial charge on any atom is 0.335 e. The van der Waals surface area contributed by atoms with Gasteiger partial charge in [0.2, 0.25) is 0 Å². The molecule has 0 atom stereocenters. The third-order valence-corrected chi connectivity index (χ3v) is 2.45. The van der Waals surface area contributed by atoms with Crippen LogP contribution < -0.4 is 11.1 Å². The number of hydrogen-bond acceptors (Lipinski definition) is 3. The summed E-state index contributed by atoms with van der Waals surface area (Å²) in [6.07, 6.45) is 3.69. The number of carboxylic acid groups (broad SMARTS) is 1. The highest BCUT2D eigenvalue weighted by atomic mass is 16.4. The highest BCUT2D eigenvalue weighted by molar-refractivity contribution is 5.90. The lowest BCUT2D eigenvalue weighted by Crippen LogP contribution is -2.04. The molecule has 0 bridgehead atoms. The second-order valence-corrected chi connectivity index (χ2v) is 3.68. The fourth-order valence-corrected chi connectivity index (χ4v) is 1.51. The van der Waals surface area contributed by atoms with Crippen LogP contribution in [0.5, 0.6) is 0 Å². The van der Waals surface area contributed by atoms with Crippen LogP contribution in [0.2, 0.25) is 0 Å². The van der Waals surface area contributed by atoms with E-state index < -0.39 is 5.97 Å². The number of nitrogens with one attached hydrogen (secondary N) is 2. The Balaban J connectivity index is 2.14. The number of carbonyl (C=O) groups is 1. The van der Waals surface area contributed by atoms with Gasteiger partial charge in [0.1, 0.15) is 0 Å². The maximum absolute atomic E-state index is 10.8. The molecule has 17 heavy (non-hydrogen) atoms. The predicted octanol–water partition coefficient (Wildman–Crippen LogP) is 1.91. The molecule has 5 heteroatoms. The van der Waals surface area contributed by atoms with E-state index in [9.17, 15) is 4.79 Å². The van der Waals surface area contributed by atoms with Crippen LogP contribution in [0.25, 0.3) is 0 Å². The third kappa shape index (κ3) is 2.57. The van der Waals surface area contributed by atoms with Crippen molar-refractivity contribution in [3.63, 3.8) is 0 Å². The second-order valence-electron chi connectivity index (χ2n) is 3.68. The largest absolute Gasteiger partial charge is 0.478 e. The van der Waals surface area contributed by atoms with Gasteiger partial charge in [0.15, 0.2) is 0 Å². The lowest BCUT2D eigenvalue weighted by molar-refractivity contribution is 0.0697. The molecule has 0 fully saturated rings. The van der Waals surface area contributed by atoms with Crippen LogP contribution in [0.1, 0.15) is 15.9 Å². The summed E-state index contributed by atoms with van der Waals surface area (Å²) in [6, 6.07) is 6.54. The number of nitrogens with two attached hydrogens (primary N) is 1. The lowest BCUT2D eigenvalue weighted by atomic mass is 10.1. The fourth-order valence-electron chi connectivity index (χ4n) is 1.51. The summed E-state index contributed by atoms with van der Waals surface area (Å²) in [5, 5.41) is 12.0. The zero-order valence-corrected chi connectivity index (χ0v) is 9.10. The van der Waals surface area contributed by atoms with Crippen molar-refractivity contribution < 1.29 is 9.90 Å². The monoisotopic (exact) mass is 231 g/mol. The van der Waals surface area contributed by atoms with E-state index >= 15 is 0 Å². The lowest BCUT2D eigenvalue weighted by Gasteiger charge is -2.09. The van der Waals surface area contributed by atoms with Gasteiger partial charge >= 0.3 is 5.97 Å². The number of aromatic nitrogens is 1. The maximum atomic E-state index is 10.8. The first-order chi connectivity index (χ1) is 8.16. The molecule has 0 saturated carbocycles. The van der Waals surface area contributed by atoms with Gasteiger partial charge in [-0.15, -0.1) is 0 Å². The SMILES string of the molecule is Nc1ccc(C(=O)O)cc1NCc1cc[nH]c1. The zero-order chi connectivity index (χ0) is 12.3. The van der Waals surface area contributed by atoms with Crippen molar-refractivity contribution >= 4 is 17.3 Å². The van der Waals surface area contributed by atoms with E-state index in [0.29, 0.717) is 17.9 Å². The zero-order valence-electron chi connectivity index (χ0n) is 9.10. The second kappa shape index (κ2) is 4.61. The van der Waals surface area contributed by atoms with Gasteiger partial charge in [-0.25, -0.2) is 4.79 Å². The average Bonchev–Trinajstić information content (AvgIpc) is 2.80. The number of nitrogen functional groups attached to an aromatic ring is 1. The molecule has 1 aromatic carbocycles. The highest BCUT2D eigenvalue weighted by Crippen LogP contribution is 2.20. The molecule has 0 radical (unpaired) electrons. The van der Waals surface area contributed by atoms with Crippen molar-refractivity contribution in [1.29, 1.82) is 0 Å². The summed E-state index contributed by atoms with van der Waals surface area (Å²) in [5.41, 5.74) is 8.22. The summed E-state index contributed by atoms with van der Waals surface area (Å²) < 4.78 is 0. The standard InChI is InChI=1S/C12H13N3O2/c13-10-2-1-9(12(16)17)5-11(10)15-7-8-3-4-14-6-8/h1-6,14-15H,7,13H2,(H,16,17). The first-order valence-electron chi connectivity index (χ1n) is 5.15. The number of aromatic carboxylic acids is 1. The number of rotatable bonds is 4. The number of H-pyrrole nitrogens is 1. The topological polar surface area (TPSA) is 91.1 Å².